The second-order valence-electron chi connectivity index (χ2n) is 5.04. The van der Waals surface area contributed by atoms with Gasteiger partial charge in [-0.3, -0.25) is 4.79 Å². The lowest BCUT2D eigenvalue weighted by Gasteiger charge is -2.17. The number of rotatable bonds is 3. The molecule has 1 aromatic rings. The fourth-order valence-electron chi connectivity index (χ4n) is 2.12. The van der Waals surface area contributed by atoms with Gasteiger partial charge >= 0.3 is 5.97 Å². The maximum Gasteiger partial charge on any atom is 0.339 e. The smallest absolute Gasteiger partial charge is 0.339 e. The van der Waals surface area contributed by atoms with Gasteiger partial charge in [-0.25, -0.2) is 4.79 Å². The summed E-state index contributed by atoms with van der Waals surface area (Å²) in [5, 5.41) is 12.7. The van der Waals surface area contributed by atoms with Crippen molar-refractivity contribution in [1.82, 2.24) is 0 Å². The molecule has 1 unspecified atom stereocenters. The van der Waals surface area contributed by atoms with Crippen LogP contribution in [0.2, 0.25) is 0 Å². The van der Waals surface area contributed by atoms with Gasteiger partial charge in [0.1, 0.15) is 0 Å². The predicted molar refractivity (Wildman–Crippen MR) is 69.7 cm³/mol. The highest BCUT2D eigenvalue weighted by molar-refractivity contribution is 6.05. The minimum atomic E-state index is -1.32. The van der Waals surface area contributed by atoms with E-state index in [1.54, 1.807) is 39.0 Å². The number of fused-ring (bicyclic) bond motifs is 1. The summed E-state index contributed by atoms with van der Waals surface area (Å²) in [4.78, 5) is 23.3. The fourth-order valence-corrected chi connectivity index (χ4v) is 2.12. The topological polar surface area (TPSA) is 75.6 Å². The van der Waals surface area contributed by atoms with E-state index in [2.05, 4.69) is 5.32 Å². The summed E-state index contributed by atoms with van der Waals surface area (Å²) in [6.45, 7) is 5.49. The van der Waals surface area contributed by atoms with E-state index >= 15 is 0 Å². The SMILES string of the molecule is CCOC(=O)C(O)c1ccc2c(c1)C(C)(C)C(=O)N2. The van der Waals surface area contributed by atoms with E-state index in [1.807, 2.05) is 0 Å². The predicted octanol–water partition coefficient (Wildman–Crippen LogP) is 1.51. The van der Waals surface area contributed by atoms with Gasteiger partial charge in [-0.05, 0) is 44.0 Å². The molecule has 1 heterocycles. The van der Waals surface area contributed by atoms with Crippen molar-refractivity contribution >= 4 is 17.6 Å². The summed E-state index contributed by atoms with van der Waals surface area (Å²) in [7, 11) is 0. The number of ether oxygens (including phenoxy) is 1. The van der Waals surface area contributed by atoms with Crippen LogP contribution in [0, 0.1) is 0 Å². The average molecular weight is 263 g/mol. The van der Waals surface area contributed by atoms with E-state index in [0.29, 0.717) is 5.56 Å². The van der Waals surface area contributed by atoms with Gasteiger partial charge in [0.15, 0.2) is 6.10 Å². The number of hydrogen-bond donors (Lipinski definition) is 2. The lowest BCUT2D eigenvalue weighted by molar-refractivity contribution is -0.153. The molecule has 0 saturated heterocycles. The molecule has 0 bridgehead atoms. The molecule has 2 N–H and O–H groups in total. The normalized spacial score (nSPS) is 17.6. The third-order valence-corrected chi connectivity index (χ3v) is 3.36. The Bertz CT molecular complexity index is 536. The Labute approximate surface area is 111 Å². The van der Waals surface area contributed by atoms with Crippen LogP contribution in [0.4, 0.5) is 5.69 Å². The van der Waals surface area contributed by atoms with Crippen molar-refractivity contribution in [3.05, 3.63) is 29.3 Å². The maximum atomic E-state index is 11.8. The number of benzene rings is 1. The molecule has 1 atom stereocenters. The summed E-state index contributed by atoms with van der Waals surface area (Å²) in [5.74, 6) is -0.775. The highest BCUT2D eigenvalue weighted by Crippen LogP contribution is 2.38. The summed E-state index contributed by atoms with van der Waals surface area (Å²) >= 11 is 0. The van der Waals surface area contributed by atoms with Crippen molar-refractivity contribution in [2.45, 2.75) is 32.3 Å². The summed E-state index contributed by atoms with van der Waals surface area (Å²) < 4.78 is 4.78. The van der Waals surface area contributed by atoms with Crippen LogP contribution >= 0.6 is 0 Å². The second-order valence-corrected chi connectivity index (χ2v) is 5.04. The van der Waals surface area contributed by atoms with Gasteiger partial charge in [0.05, 0.1) is 12.0 Å². The number of aliphatic hydroxyl groups excluding tert-OH is 1. The van der Waals surface area contributed by atoms with Crippen LogP contribution in [0.25, 0.3) is 0 Å². The van der Waals surface area contributed by atoms with E-state index in [1.165, 1.54) is 0 Å². The Morgan fingerprint density at radius 2 is 2.16 bits per heavy atom. The van der Waals surface area contributed by atoms with Crippen LogP contribution in [0.15, 0.2) is 18.2 Å². The molecular formula is C14H17NO4. The van der Waals surface area contributed by atoms with E-state index in [-0.39, 0.29) is 12.5 Å². The molecular weight excluding hydrogens is 246 g/mol. The van der Waals surface area contributed by atoms with Crippen molar-refractivity contribution in [2.75, 3.05) is 11.9 Å². The zero-order valence-corrected chi connectivity index (χ0v) is 11.2. The first-order chi connectivity index (χ1) is 8.87. The first-order valence-electron chi connectivity index (χ1n) is 6.18. The molecule has 5 nitrogen and oxygen atoms in total. The van der Waals surface area contributed by atoms with Crippen molar-refractivity contribution in [1.29, 1.82) is 0 Å². The van der Waals surface area contributed by atoms with Crippen LogP contribution in [-0.2, 0) is 19.7 Å². The van der Waals surface area contributed by atoms with Gasteiger partial charge in [0, 0.05) is 5.69 Å². The Morgan fingerprint density at radius 1 is 1.47 bits per heavy atom. The highest BCUT2D eigenvalue weighted by Gasteiger charge is 2.38. The number of amides is 1. The molecule has 1 aliphatic heterocycles. The molecule has 1 amide bonds. The quantitative estimate of drug-likeness (QED) is 0.811. The lowest BCUT2D eigenvalue weighted by Crippen LogP contribution is -2.27. The Morgan fingerprint density at radius 3 is 2.79 bits per heavy atom. The van der Waals surface area contributed by atoms with Crippen molar-refractivity contribution in [3.8, 4) is 0 Å². The highest BCUT2D eigenvalue weighted by atomic mass is 16.5. The minimum Gasteiger partial charge on any atom is -0.464 e. The van der Waals surface area contributed by atoms with Gasteiger partial charge < -0.3 is 15.2 Å². The van der Waals surface area contributed by atoms with Crippen molar-refractivity contribution < 1.29 is 19.4 Å². The minimum absolute atomic E-state index is 0.0923. The Kier molecular flexibility index (Phi) is 3.32. The van der Waals surface area contributed by atoms with Crippen LogP contribution in [0.1, 0.15) is 38.0 Å². The number of nitrogens with one attached hydrogen (secondary N) is 1. The molecule has 0 aliphatic carbocycles. The summed E-state index contributed by atoms with van der Waals surface area (Å²) in [5.41, 5.74) is 1.26. The van der Waals surface area contributed by atoms with Crippen molar-refractivity contribution in [2.24, 2.45) is 0 Å². The van der Waals surface area contributed by atoms with Crippen LogP contribution < -0.4 is 5.32 Å². The number of carbonyl (C=O) groups excluding carboxylic acids is 2. The molecule has 0 spiro atoms. The monoisotopic (exact) mass is 263 g/mol. The summed E-state index contributed by atoms with van der Waals surface area (Å²) in [6.07, 6.45) is -1.32. The van der Waals surface area contributed by atoms with E-state index < -0.39 is 17.5 Å². The fraction of sp³-hybridized carbons (Fsp3) is 0.429. The Hall–Kier alpha value is -1.88. The molecule has 0 aromatic heterocycles. The third-order valence-electron chi connectivity index (χ3n) is 3.36. The summed E-state index contributed by atoms with van der Waals surface area (Å²) in [6, 6.07) is 4.98. The van der Waals surface area contributed by atoms with Crippen LogP contribution in [0.3, 0.4) is 0 Å². The van der Waals surface area contributed by atoms with Crippen LogP contribution in [-0.4, -0.2) is 23.6 Å². The van der Waals surface area contributed by atoms with E-state index in [4.69, 9.17) is 4.74 Å². The average Bonchev–Trinajstić information content (AvgIpc) is 2.59. The number of aliphatic hydroxyl groups is 1. The van der Waals surface area contributed by atoms with Gasteiger partial charge in [-0.1, -0.05) is 6.07 Å². The molecule has 102 valence electrons. The molecule has 0 radical (unpaired) electrons. The maximum absolute atomic E-state index is 11.8. The molecule has 19 heavy (non-hydrogen) atoms. The zero-order valence-electron chi connectivity index (χ0n) is 11.2. The molecule has 2 rings (SSSR count). The van der Waals surface area contributed by atoms with Gasteiger partial charge in [-0.15, -0.1) is 0 Å². The number of esters is 1. The number of carbonyl (C=O) groups is 2. The first-order valence-corrected chi connectivity index (χ1v) is 6.18. The second kappa shape index (κ2) is 4.66. The Balaban J connectivity index is 2.35. The van der Waals surface area contributed by atoms with Gasteiger partial charge in [0.25, 0.3) is 0 Å². The van der Waals surface area contributed by atoms with Crippen LogP contribution in [0.5, 0.6) is 0 Å². The lowest BCUT2D eigenvalue weighted by atomic mass is 9.85. The molecule has 1 aromatic carbocycles. The molecule has 0 saturated carbocycles. The molecule has 1 aliphatic rings. The van der Waals surface area contributed by atoms with E-state index in [9.17, 15) is 14.7 Å². The van der Waals surface area contributed by atoms with Crippen molar-refractivity contribution in [3.63, 3.8) is 0 Å². The standard InChI is InChI=1S/C14H17NO4/c1-4-19-12(17)11(16)8-5-6-10-9(7-8)14(2,3)13(18)15-10/h5-7,11,16H,4H2,1-3H3,(H,15,18). The zero-order chi connectivity index (χ0) is 14.2. The van der Waals surface area contributed by atoms with E-state index in [0.717, 1.165) is 11.3 Å². The third kappa shape index (κ3) is 2.21. The number of anilines is 1. The first kappa shape index (κ1) is 13.5. The van der Waals surface area contributed by atoms with Gasteiger partial charge in [0.2, 0.25) is 5.91 Å². The molecule has 5 heteroatoms. The largest absolute Gasteiger partial charge is 0.464 e. The van der Waals surface area contributed by atoms with Gasteiger partial charge in [-0.2, -0.15) is 0 Å². The number of hydrogen-bond acceptors (Lipinski definition) is 4. The molecule has 0 fully saturated rings.